The Labute approximate surface area is 109 Å². The molecule has 1 heterocycles. The fourth-order valence-corrected chi connectivity index (χ4v) is 2.45. The monoisotopic (exact) mass is 249 g/mol. The smallest absolute Gasteiger partial charge is 0.115 e. The highest BCUT2D eigenvalue weighted by Crippen LogP contribution is 2.20. The molecule has 0 aromatic heterocycles. The second-order valence-electron chi connectivity index (χ2n) is 4.95. The summed E-state index contributed by atoms with van der Waals surface area (Å²) in [6.45, 7) is 3.99. The van der Waals surface area contributed by atoms with E-state index in [0.717, 1.165) is 19.6 Å². The molecule has 1 aliphatic heterocycles. The number of rotatable bonds is 5. The van der Waals surface area contributed by atoms with E-state index in [1.54, 1.807) is 12.1 Å². The van der Waals surface area contributed by atoms with E-state index in [2.05, 4.69) is 12.2 Å². The van der Waals surface area contributed by atoms with Crippen molar-refractivity contribution in [1.82, 2.24) is 5.32 Å². The van der Waals surface area contributed by atoms with Crippen molar-refractivity contribution in [2.24, 2.45) is 0 Å². The predicted octanol–water partition coefficient (Wildman–Crippen LogP) is 3.00. The zero-order chi connectivity index (χ0) is 12.8. The number of ether oxygens (including phenoxy) is 1. The minimum absolute atomic E-state index is 0.323. The van der Waals surface area contributed by atoms with Crippen LogP contribution in [0.15, 0.2) is 24.3 Å². The van der Waals surface area contributed by atoms with Gasteiger partial charge in [-0.3, -0.25) is 0 Å². The van der Waals surface area contributed by atoms with Crippen LogP contribution in [0.25, 0.3) is 0 Å². The third-order valence-electron chi connectivity index (χ3n) is 3.57. The quantitative estimate of drug-likeness (QED) is 0.843. The first kappa shape index (κ1) is 13.4. The van der Waals surface area contributed by atoms with Crippen LogP contribution in [0.3, 0.4) is 0 Å². The average molecular weight is 249 g/mol. The third kappa shape index (κ3) is 3.72. The lowest BCUT2D eigenvalue weighted by molar-refractivity contribution is 0.0152. The highest BCUT2D eigenvalue weighted by atomic mass is 16.5. The van der Waals surface area contributed by atoms with Gasteiger partial charge in [0.1, 0.15) is 5.75 Å². The molecule has 3 heteroatoms. The molecule has 1 aromatic rings. The minimum atomic E-state index is 0.323. The third-order valence-corrected chi connectivity index (χ3v) is 3.57. The van der Waals surface area contributed by atoms with Gasteiger partial charge in [0.15, 0.2) is 0 Å². The van der Waals surface area contributed by atoms with E-state index in [0.29, 0.717) is 17.9 Å². The Hall–Kier alpha value is -1.06. The second kappa shape index (κ2) is 6.76. The van der Waals surface area contributed by atoms with E-state index in [4.69, 9.17) is 4.74 Å². The van der Waals surface area contributed by atoms with Gasteiger partial charge in [0.25, 0.3) is 0 Å². The van der Waals surface area contributed by atoms with Gasteiger partial charge in [0, 0.05) is 19.2 Å². The summed E-state index contributed by atoms with van der Waals surface area (Å²) in [5.41, 5.74) is 1.23. The molecule has 0 spiro atoms. The van der Waals surface area contributed by atoms with Crippen molar-refractivity contribution in [3.05, 3.63) is 29.8 Å². The van der Waals surface area contributed by atoms with E-state index in [1.165, 1.54) is 24.8 Å². The van der Waals surface area contributed by atoms with Crippen molar-refractivity contribution in [3.63, 3.8) is 0 Å². The lowest BCUT2D eigenvalue weighted by Gasteiger charge is -2.26. The molecule has 2 atom stereocenters. The number of aromatic hydroxyl groups is 1. The number of hydrogen-bond donors (Lipinski definition) is 2. The van der Waals surface area contributed by atoms with Crippen LogP contribution in [0.5, 0.6) is 5.75 Å². The van der Waals surface area contributed by atoms with Gasteiger partial charge in [-0.05, 0) is 43.4 Å². The van der Waals surface area contributed by atoms with Gasteiger partial charge in [0.05, 0.1) is 6.10 Å². The summed E-state index contributed by atoms with van der Waals surface area (Å²) in [4.78, 5) is 0. The fraction of sp³-hybridized carbons (Fsp3) is 0.600. The van der Waals surface area contributed by atoms with Crippen molar-refractivity contribution in [2.75, 3.05) is 13.2 Å². The summed E-state index contributed by atoms with van der Waals surface area (Å²) in [7, 11) is 0. The normalized spacial score (nSPS) is 21.7. The first-order chi connectivity index (χ1) is 8.79. The van der Waals surface area contributed by atoms with Crippen LogP contribution in [0.1, 0.15) is 44.2 Å². The molecule has 0 aliphatic carbocycles. The summed E-state index contributed by atoms with van der Waals surface area (Å²) in [5, 5.41) is 12.9. The number of hydrogen-bond acceptors (Lipinski definition) is 3. The highest BCUT2D eigenvalue weighted by molar-refractivity contribution is 5.27. The summed E-state index contributed by atoms with van der Waals surface area (Å²) >= 11 is 0. The first-order valence-electron chi connectivity index (χ1n) is 6.93. The molecule has 2 unspecified atom stereocenters. The van der Waals surface area contributed by atoms with Crippen LogP contribution in [0.4, 0.5) is 0 Å². The average Bonchev–Trinajstić information content (AvgIpc) is 2.42. The van der Waals surface area contributed by atoms with Gasteiger partial charge in [-0.2, -0.15) is 0 Å². The molecule has 1 saturated heterocycles. The zero-order valence-electron chi connectivity index (χ0n) is 11.1. The molecule has 0 saturated carbocycles. The summed E-state index contributed by atoms with van der Waals surface area (Å²) in [6.07, 6.45) is 5.05. The highest BCUT2D eigenvalue weighted by Gasteiger charge is 2.16. The molecular formula is C15H23NO2. The van der Waals surface area contributed by atoms with Crippen LogP contribution in [0.2, 0.25) is 0 Å². The molecule has 1 aliphatic rings. The Balaban J connectivity index is 1.86. The van der Waals surface area contributed by atoms with Gasteiger partial charge in [-0.1, -0.05) is 19.1 Å². The van der Waals surface area contributed by atoms with Crippen molar-refractivity contribution in [3.8, 4) is 5.75 Å². The van der Waals surface area contributed by atoms with E-state index >= 15 is 0 Å². The zero-order valence-corrected chi connectivity index (χ0v) is 11.1. The topological polar surface area (TPSA) is 41.5 Å². The maximum atomic E-state index is 9.30. The van der Waals surface area contributed by atoms with Crippen molar-refractivity contribution in [1.29, 1.82) is 0 Å². The van der Waals surface area contributed by atoms with Crippen molar-refractivity contribution < 1.29 is 9.84 Å². The number of phenols is 1. The molecule has 0 amide bonds. The minimum Gasteiger partial charge on any atom is -0.508 e. The molecule has 0 radical (unpaired) electrons. The van der Waals surface area contributed by atoms with Crippen LogP contribution < -0.4 is 5.32 Å². The van der Waals surface area contributed by atoms with E-state index in [9.17, 15) is 5.11 Å². The molecule has 0 bridgehead atoms. The maximum Gasteiger partial charge on any atom is 0.115 e. The van der Waals surface area contributed by atoms with E-state index < -0.39 is 0 Å². The Morgan fingerprint density at radius 1 is 1.33 bits per heavy atom. The molecular weight excluding hydrogens is 226 g/mol. The van der Waals surface area contributed by atoms with Crippen molar-refractivity contribution in [2.45, 2.75) is 44.8 Å². The lowest BCUT2D eigenvalue weighted by atomic mass is 10.0. The lowest BCUT2D eigenvalue weighted by Crippen LogP contribution is -2.33. The predicted molar refractivity (Wildman–Crippen MR) is 72.7 cm³/mol. The van der Waals surface area contributed by atoms with Crippen LogP contribution in [-0.2, 0) is 4.74 Å². The largest absolute Gasteiger partial charge is 0.508 e. The molecule has 18 heavy (non-hydrogen) atoms. The number of nitrogens with one attached hydrogen (secondary N) is 1. The summed E-state index contributed by atoms with van der Waals surface area (Å²) < 4.78 is 5.73. The second-order valence-corrected chi connectivity index (χ2v) is 4.95. The summed E-state index contributed by atoms with van der Waals surface area (Å²) in [6, 6.07) is 7.81. The van der Waals surface area contributed by atoms with Crippen LogP contribution >= 0.6 is 0 Å². The first-order valence-corrected chi connectivity index (χ1v) is 6.93. The van der Waals surface area contributed by atoms with Crippen LogP contribution in [-0.4, -0.2) is 24.4 Å². The van der Waals surface area contributed by atoms with E-state index in [1.807, 2.05) is 12.1 Å². The standard InChI is InChI=1S/C15H23NO2/c1-2-15(12-6-8-13(17)9-7-12)16-11-14-5-3-4-10-18-14/h6-9,14-17H,2-5,10-11H2,1H3. The number of phenolic OH excluding ortho intramolecular Hbond substituents is 1. The van der Waals surface area contributed by atoms with Gasteiger partial charge in [-0.25, -0.2) is 0 Å². The van der Waals surface area contributed by atoms with Gasteiger partial charge in [0.2, 0.25) is 0 Å². The SMILES string of the molecule is CCC(NCC1CCCCO1)c1ccc(O)cc1. The molecule has 1 aromatic carbocycles. The van der Waals surface area contributed by atoms with E-state index in [-0.39, 0.29) is 0 Å². The Bertz CT molecular complexity index is 344. The van der Waals surface area contributed by atoms with Crippen LogP contribution in [0, 0.1) is 0 Å². The Morgan fingerprint density at radius 2 is 2.11 bits per heavy atom. The van der Waals surface area contributed by atoms with Gasteiger partial charge >= 0.3 is 0 Å². The molecule has 100 valence electrons. The Kier molecular flexibility index (Phi) is 5.02. The van der Waals surface area contributed by atoms with Gasteiger partial charge in [-0.15, -0.1) is 0 Å². The maximum absolute atomic E-state index is 9.30. The fourth-order valence-electron chi connectivity index (χ4n) is 2.45. The Morgan fingerprint density at radius 3 is 2.72 bits per heavy atom. The molecule has 3 nitrogen and oxygen atoms in total. The number of benzene rings is 1. The molecule has 1 fully saturated rings. The van der Waals surface area contributed by atoms with Gasteiger partial charge < -0.3 is 15.2 Å². The summed E-state index contributed by atoms with van der Waals surface area (Å²) in [5.74, 6) is 0.323. The van der Waals surface area contributed by atoms with Crippen molar-refractivity contribution >= 4 is 0 Å². The molecule has 2 rings (SSSR count). The molecule has 2 N–H and O–H groups in total.